The Labute approximate surface area is 126 Å². The van der Waals surface area contributed by atoms with Crippen LogP contribution < -0.4 is 0 Å². The molecule has 0 amide bonds. The predicted molar refractivity (Wildman–Crippen MR) is 79.0 cm³/mol. The molecule has 2 aliphatic rings. The minimum absolute atomic E-state index is 0.0220. The highest BCUT2D eigenvalue weighted by Gasteiger charge is 2.32. The smallest absolute Gasteiger partial charge is 0.232 e. The Morgan fingerprint density at radius 3 is 2.76 bits per heavy atom. The monoisotopic (exact) mass is 294 g/mol. The Hall–Kier alpha value is -0.980. The Bertz CT molecular complexity index is 464. The van der Waals surface area contributed by atoms with E-state index in [1.807, 2.05) is 0 Å². The lowest BCUT2D eigenvalue weighted by atomic mass is 9.86. The first-order valence-electron chi connectivity index (χ1n) is 8.05. The molecule has 1 aliphatic heterocycles. The Morgan fingerprint density at radius 2 is 1.95 bits per heavy atom. The number of aromatic nitrogens is 2. The summed E-state index contributed by atoms with van der Waals surface area (Å²) in [6.45, 7) is 3.07. The summed E-state index contributed by atoms with van der Waals surface area (Å²) in [6.07, 6.45) is 4.84. The maximum Gasteiger partial charge on any atom is 0.232 e. The molecule has 1 saturated heterocycles. The van der Waals surface area contributed by atoms with E-state index in [4.69, 9.17) is 4.52 Å². The number of rotatable bonds is 2. The fourth-order valence-corrected chi connectivity index (χ4v) is 3.48. The van der Waals surface area contributed by atoms with Crippen LogP contribution in [-0.2, 0) is 0 Å². The lowest BCUT2D eigenvalue weighted by Gasteiger charge is -2.25. The van der Waals surface area contributed by atoms with Crippen LogP contribution in [0.25, 0.3) is 0 Å². The highest BCUT2D eigenvalue weighted by molar-refractivity contribution is 5.03. The molecule has 1 aromatic heterocycles. The van der Waals surface area contributed by atoms with Crippen molar-refractivity contribution in [1.82, 2.24) is 19.9 Å². The Morgan fingerprint density at radius 1 is 1.14 bits per heavy atom. The Balaban J connectivity index is 1.76. The third kappa shape index (κ3) is 3.27. The molecule has 1 saturated carbocycles. The summed E-state index contributed by atoms with van der Waals surface area (Å²) in [5.41, 5.74) is 0. The molecule has 0 spiro atoms. The zero-order valence-corrected chi connectivity index (χ0v) is 13.0. The van der Waals surface area contributed by atoms with Crippen LogP contribution in [0.1, 0.15) is 55.8 Å². The van der Waals surface area contributed by atoms with Crippen LogP contribution in [0.4, 0.5) is 0 Å². The molecule has 6 nitrogen and oxygen atoms in total. The highest BCUT2D eigenvalue weighted by Crippen LogP contribution is 2.33. The number of likely N-dealkylation sites (N-methyl/N-ethyl adjacent to an activating group) is 2. The number of hydrogen-bond acceptors (Lipinski definition) is 6. The van der Waals surface area contributed by atoms with Gasteiger partial charge in [0.15, 0.2) is 5.82 Å². The average molecular weight is 294 g/mol. The first kappa shape index (κ1) is 14.9. The van der Waals surface area contributed by atoms with Crippen molar-refractivity contribution >= 4 is 0 Å². The molecule has 3 unspecified atom stereocenters. The molecular weight excluding hydrogens is 268 g/mol. The quantitative estimate of drug-likeness (QED) is 0.889. The minimum Gasteiger partial charge on any atom is -0.392 e. The fourth-order valence-electron chi connectivity index (χ4n) is 3.48. The molecule has 21 heavy (non-hydrogen) atoms. The molecule has 2 fully saturated rings. The summed E-state index contributed by atoms with van der Waals surface area (Å²) in [6, 6.07) is 0.177. The normalized spacial score (nSPS) is 33.0. The molecular formula is C15H26N4O2. The average Bonchev–Trinajstić information content (AvgIpc) is 2.88. The summed E-state index contributed by atoms with van der Waals surface area (Å²) in [5.74, 6) is 1.41. The molecule has 3 atom stereocenters. The van der Waals surface area contributed by atoms with Crippen molar-refractivity contribution in [2.75, 3.05) is 33.7 Å². The van der Waals surface area contributed by atoms with E-state index in [0.717, 1.165) is 57.6 Å². The van der Waals surface area contributed by atoms with Gasteiger partial charge in [-0.3, -0.25) is 4.90 Å². The fraction of sp³-hybridized carbons (Fsp3) is 0.867. The Kier molecular flexibility index (Phi) is 4.57. The summed E-state index contributed by atoms with van der Waals surface area (Å²) >= 11 is 0. The van der Waals surface area contributed by atoms with E-state index in [9.17, 15) is 5.11 Å². The van der Waals surface area contributed by atoms with Gasteiger partial charge in [0.2, 0.25) is 5.89 Å². The molecule has 0 bridgehead atoms. The van der Waals surface area contributed by atoms with E-state index in [1.54, 1.807) is 0 Å². The van der Waals surface area contributed by atoms with Crippen LogP contribution in [0.5, 0.6) is 0 Å². The topological polar surface area (TPSA) is 65.6 Å². The number of aliphatic hydroxyl groups excluding tert-OH is 1. The van der Waals surface area contributed by atoms with Crippen molar-refractivity contribution in [3.63, 3.8) is 0 Å². The van der Waals surface area contributed by atoms with E-state index in [2.05, 4.69) is 34.0 Å². The van der Waals surface area contributed by atoms with Crippen molar-refractivity contribution in [2.45, 2.75) is 50.2 Å². The van der Waals surface area contributed by atoms with Gasteiger partial charge in [-0.05, 0) is 46.4 Å². The molecule has 0 radical (unpaired) electrons. The van der Waals surface area contributed by atoms with Crippen molar-refractivity contribution in [1.29, 1.82) is 0 Å². The van der Waals surface area contributed by atoms with Gasteiger partial charge in [-0.25, -0.2) is 0 Å². The van der Waals surface area contributed by atoms with E-state index in [1.165, 1.54) is 0 Å². The molecule has 0 aromatic carbocycles. The third-order valence-electron chi connectivity index (χ3n) is 4.87. The van der Waals surface area contributed by atoms with Crippen molar-refractivity contribution < 1.29 is 9.63 Å². The number of aliphatic hydroxyl groups is 1. The van der Waals surface area contributed by atoms with Crippen molar-refractivity contribution in [3.8, 4) is 0 Å². The van der Waals surface area contributed by atoms with Gasteiger partial charge in [0.05, 0.1) is 18.1 Å². The summed E-state index contributed by atoms with van der Waals surface area (Å²) in [7, 11) is 4.26. The molecule has 6 heteroatoms. The lowest BCUT2D eigenvalue weighted by molar-refractivity contribution is 0.0908. The van der Waals surface area contributed by atoms with Gasteiger partial charge in [-0.2, -0.15) is 4.98 Å². The number of nitrogens with zero attached hydrogens (tertiary/aromatic N) is 4. The third-order valence-corrected chi connectivity index (χ3v) is 4.87. The molecule has 2 heterocycles. The second-order valence-electron chi connectivity index (χ2n) is 6.56. The van der Waals surface area contributed by atoms with Crippen LogP contribution in [0.3, 0.4) is 0 Å². The zero-order valence-electron chi connectivity index (χ0n) is 13.0. The SMILES string of the molecule is CN1CCCN(C)C(c2noc(C3CCCCC3O)n2)C1. The molecule has 118 valence electrons. The van der Waals surface area contributed by atoms with E-state index < -0.39 is 0 Å². The van der Waals surface area contributed by atoms with Gasteiger partial charge in [0, 0.05) is 6.54 Å². The van der Waals surface area contributed by atoms with Crippen LogP contribution in [0, 0.1) is 0 Å². The minimum atomic E-state index is -0.332. The van der Waals surface area contributed by atoms with Gasteiger partial charge in [-0.1, -0.05) is 18.0 Å². The maximum absolute atomic E-state index is 10.1. The van der Waals surface area contributed by atoms with Crippen molar-refractivity contribution in [2.24, 2.45) is 0 Å². The van der Waals surface area contributed by atoms with Gasteiger partial charge in [-0.15, -0.1) is 0 Å². The summed E-state index contributed by atoms with van der Waals surface area (Å²) in [4.78, 5) is 9.25. The first-order chi connectivity index (χ1) is 10.1. The molecule has 1 N–H and O–H groups in total. The summed E-state index contributed by atoms with van der Waals surface area (Å²) < 4.78 is 5.49. The second kappa shape index (κ2) is 6.42. The maximum atomic E-state index is 10.1. The predicted octanol–water partition coefficient (Wildman–Crippen LogP) is 1.40. The lowest BCUT2D eigenvalue weighted by Crippen LogP contribution is -2.31. The molecule has 1 aromatic rings. The van der Waals surface area contributed by atoms with Crippen LogP contribution in [0.2, 0.25) is 0 Å². The second-order valence-corrected chi connectivity index (χ2v) is 6.56. The van der Waals surface area contributed by atoms with Gasteiger partial charge >= 0.3 is 0 Å². The molecule has 3 rings (SSSR count). The largest absolute Gasteiger partial charge is 0.392 e. The standard InChI is InChI=1S/C15H26N4O2/c1-18-8-5-9-19(2)12(10-18)14-16-15(21-17-14)11-6-3-4-7-13(11)20/h11-13,20H,3-10H2,1-2H3. The summed E-state index contributed by atoms with van der Waals surface area (Å²) in [5, 5.41) is 14.3. The van der Waals surface area contributed by atoms with Gasteiger partial charge < -0.3 is 14.5 Å². The number of hydrogen-bond donors (Lipinski definition) is 1. The van der Waals surface area contributed by atoms with Crippen LogP contribution >= 0.6 is 0 Å². The van der Waals surface area contributed by atoms with Gasteiger partial charge in [0.1, 0.15) is 0 Å². The van der Waals surface area contributed by atoms with Crippen LogP contribution in [-0.4, -0.2) is 64.9 Å². The highest BCUT2D eigenvalue weighted by atomic mass is 16.5. The van der Waals surface area contributed by atoms with E-state index >= 15 is 0 Å². The van der Waals surface area contributed by atoms with E-state index in [0.29, 0.717) is 5.89 Å². The van der Waals surface area contributed by atoms with Crippen LogP contribution in [0.15, 0.2) is 4.52 Å². The van der Waals surface area contributed by atoms with Gasteiger partial charge in [0.25, 0.3) is 0 Å². The zero-order chi connectivity index (χ0) is 14.8. The first-order valence-corrected chi connectivity index (χ1v) is 8.05. The molecule has 1 aliphatic carbocycles. The van der Waals surface area contributed by atoms with E-state index in [-0.39, 0.29) is 18.1 Å². The van der Waals surface area contributed by atoms with Crippen molar-refractivity contribution in [3.05, 3.63) is 11.7 Å².